The van der Waals surface area contributed by atoms with Gasteiger partial charge >= 0.3 is 31.2 Å². The van der Waals surface area contributed by atoms with Gasteiger partial charge in [0.2, 0.25) is 0 Å². The van der Waals surface area contributed by atoms with Crippen LogP contribution in [-0.4, -0.2) is 23.3 Å². The van der Waals surface area contributed by atoms with Gasteiger partial charge in [0.25, 0.3) is 0 Å². The first-order chi connectivity index (χ1) is 15.9. The molecule has 0 amide bonds. The van der Waals surface area contributed by atoms with Gasteiger partial charge in [-0.2, -0.15) is 19.2 Å². The van der Waals surface area contributed by atoms with Gasteiger partial charge in [-0.3, -0.25) is 0 Å². The van der Waals surface area contributed by atoms with Crippen molar-refractivity contribution < 1.29 is 49.0 Å². The van der Waals surface area contributed by atoms with Gasteiger partial charge in [0, 0.05) is 14.3 Å². The minimum atomic E-state index is 0. The molecular weight excluding hydrogens is 491 g/mol. The molecule has 186 valence electrons. The zero-order valence-electron chi connectivity index (χ0n) is 20.9. The van der Waals surface area contributed by atoms with E-state index in [2.05, 4.69) is 62.5 Å². The van der Waals surface area contributed by atoms with Crippen molar-refractivity contribution in [1.29, 1.82) is 0 Å². The second-order valence-electron chi connectivity index (χ2n) is 8.42. The summed E-state index contributed by atoms with van der Waals surface area (Å²) in [6.07, 6.45) is 6.10. The van der Waals surface area contributed by atoms with Crippen molar-refractivity contribution in [3.63, 3.8) is 0 Å². The Morgan fingerprint density at radius 2 is 1.17 bits per heavy atom. The number of aryl methyl sites for hydroxylation is 3. The van der Waals surface area contributed by atoms with Crippen LogP contribution < -0.4 is 18.9 Å². The first kappa shape index (κ1) is 33.6. The van der Waals surface area contributed by atoms with Crippen LogP contribution in [0.5, 0.6) is 0 Å². The van der Waals surface area contributed by atoms with Gasteiger partial charge in [-0.05, 0) is 109 Å². The third-order valence-corrected chi connectivity index (χ3v) is 7.98. The van der Waals surface area contributed by atoms with Crippen molar-refractivity contribution >= 4 is 55.1 Å². The molecular formula is C27H29LiO6S2. The van der Waals surface area contributed by atoms with E-state index >= 15 is 0 Å². The SMILES string of the molecule is Cc1cc2ccc(C)c(C3CC3)c2s1.Cc1ccc2ccsc2c1C1CC1.O.O=C=O.O=C=O.[Li+].[OH-]. The minimum absolute atomic E-state index is 0. The number of hydrogen-bond acceptors (Lipinski definition) is 7. The molecule has 2 aliphatic carbocycles. The predicted molar refractivity (Wildman–Crippen MR) is 137 cm³/mol. The van der Waals surface area contributed by atoms with Crippen LogP contribution in [0.1, 0.15) is 64.7 Å². The Morgan fingerprint density at radius 3 is 1.64 bits per heavy atom. The van der Waals surface area contributed by atoms with Gasteiger partial charge in [-0.25, -0.2) is 0 Å². The fraction of sp³-hybridized carbons (Fsp3) is 0.333. The van der Waals surface area contributed by atoms with E-state index in [-0.39, 0.29) is 42.1 Å². The quantitative estimate of drug-likeness (QED) is 0.374. The number of rotatable bonds is 2. The second-order valence-corrected chi connectivity index (χ2v) is 10.6. The number of benzene rings is 2. The molecule has 0 spiro atoms. The van der Waals surface area contributed by atoms with Crippen LogP contribution in [0.15, 0.2) is 41.8 Å². The number of thiophene rings is 2. The van der Waals surface area contributed by atoms with Crippen LogP contribution in [0.3, 0.4) is 0 Å². The fourth-order valence-corrected chi connectivity index (χ4v) is 6.53. The third-order valence-electron chi connectivity index (χ3n) is 5.92. The van der Waals surface area contributed by atoms with E-state index in [0.717, 1.165) is 11.8 Å². The van der Waals surface area contributed by atoms with Gasteiger partial charge in [0.05, 0.1) is 0 Å². The Bertz CT molecular complexity index is 1310. The Morgan fingerprint density at radius 1 is 0.722 bits per heavy atom. The smallest absolute Gasteiger partial charge is 0.870 e. The first-order valence-corrected chi connectivity index (χ1v) is 12.6. The normalized spacial score (nSPS) is 12.9. The maximum atomic E-state index is 8.12. The van der Waals surface area contributed by atoms with E-state index in [1.54, 1.807) is 15.8 Å². The standard InChI is InChI=1S/C13H14S.C12H12S.2CO2.Li.2H2O/c1-8-3-4-11-7-9(2)14-13(11)12(8)10-5-6-10;1-8-2-3-10-6-7-13-12(10)11(8)9-4-5-9;2*2-1-3;;;/h3-4,7,10H,5-6H2,1-2H3;2-3,6-7,9H,4-5H2,1H3;;;;2*1H2/q;;;;+1;;/p-1. The number of carbonyl (C=O) groups excluding carboxylic acids is 4. The Labute approximate surface area is 230 Å². The van der Waals surface area contributed by atoms with Crippen LogP contribution in [0.25, 0.3) is 20.2 Å². The zero-order valence-corrected chi connectivity index (χ0v) is 22.6. The fourth-order valence-electron chi connectivity index (χ4n) is 4.26. The van der Waals surface area contributed by atoms with Crippen LogP contribution in [-0.2, 0) is 19.2 Å². The number of hydrogen-bond donors (Lipinski definition) is 0. The summed E-state index contributed by atoms with van der Waals surface area (Å²) < 4.78 is 3.08. The van der Waals surface area contributed by atoms with Crippen molar-refractivity contribution in [2.45, 2.75) is 58.3 Å². The predicted octanol–water partition coefficient (Wildman–Crippen LogP) is 3.32. The Hall–Kier alpha value is -2.36. The molecule has 0 bridgehead atoms. The molecule has 36 heavy (non-hydrogen) atoms. The van der Waals surface area contributed by atoms with Gasteiger partial charge in [0.1, 0.15) is 0 Å². The maximum Gasteiger partial charge on any atom is 1.00 e. The monoisotopic (exact) mass is 520 g/mol. The second kappa shape index (κ2) is 15.7. The molecule has 6 nitrogen and oxygen atoms in total. The van der Waals surface area contributed by atoms with E-state index in [9.17, 15) is 0 Å². The molecule has 2 fully saturated rings. The molecule has 0 unspecified atom stereocenters. The maximum absolute atomic E-state index is 8.12. The molecule has 4 aromatic rings. The zero-order chi connectivity index (χ0) is 24.0. The molecule has 6 rings (SSSR count). The third kappa shape index (κ3) is 8.35. The Kier molecular flexibility index (Phi) is 14.7. The van der Waals surface area contributed by atoms with Crippen LogP contribution in [0.2, 0.25) is 0 Å². The molecule has 2 aromatic heterocycles. The Balaban J connectivity index is 0.000000525. The van der Waals surface area contributed by atoms with Crippen molar-refractivity contribution in [3.8, 4) is 0 Å². The van der Waals surface area contributed by atoms with E-state index < -0.39 is 0 Å². The molecule has 9 heteroatoms. The summed E-state index contributed by atoms with van der Waals surface area (Å²) in [5.74, 6) is 1.75. The van der Waals surface area contributed by atoms with E-state index in [1.165, 1.54) is 57.2 Å². The molecule has 3 N–H and O–H groups in total. The molecule has 0 atom stereocenters. The molecule has 2 aromatic carbocycles. The van der Waals surface area contributed by atoms with Crippen LogP contribution in [0.4, 0.5) is 0 Å². The van der Waals surface area contributed by atoms with E-state index in [1.807, 2.05) is 22.7 Å². The van der Waals surface area contributed by atoms with Gasteiger partial charge < -0.3 is 11.0 Å². The average Bonchev–Trinajstić information content (AvgIpc) is 3.69. The van der Waals surface area contributed by atoms with Crippen LogP contribution in [0, 0.1) is 20.8 Å². The van der Waals surface area contributed by atoms with E-state index in [4.69, 9.17) is 19.2 Å². The molecule has 0 radical (unpaired) electrons. The summed E-state index contributed by atoms with van der Waals surface area (Å²) in [5, 5.41) is 5.08. The topological polar surface area (TPSA) is 130 Å². The summed E-state index contributed by atoms with van der Waals surface area (Å²) in [5.41, 5.74) is 6.24. The molecule has 2 heterocycles. The summed E-state index contributed by atoms with van der Waals surface area (Å²) in [4.78, 5) is 33.9. The van der Waals surface area contributed by atoms with Gasteiger partial charge in [0.15, 0.2) is 0 Å². The van der Waals surface area contributed by atoms with Crippen molar-refractivity contribution in [2.24, 2.45) is 0 Å². The first-order valence-electron chi connectivity index (χ1n) is 10.9. The summed E-state index contributed by atoms with van der Waals surface area (Å²) in [6, 6.07) is 13.6. The summed E-state index contributed by atoms with van der Waals surface area (Å²) >= 11 is 3.86. The molecule has 0 aliphatic heterocycles. The number of fused-ring (bicyclic) bond motifs is 2. The largest absolute Gasteiger partial charge is 1.00 e. The molecule has 2 saturated carbocycles. The van der Waals surface area contributed by atoms with Crippen molar-refractivity contribution in [2.75, 3.05) is 0 Å². The molecule has 2 aliphatic rings. The van der Waals surface area contributed by atoms with Crippen molar-refractivity contribution in [3.05, 3.63) is 68.9 Å². The van der Waals surface area contributed by atoms with Gasteiger partial charge in [-0.1, -0.05) is 24.3 Å². The van der Waals surface area contributed by atoms with Crippen molar-refractivity contribution in [1.82, 2.24) is 0 Å². The average molecular weight is 521 g/mol. The summed E-state index contributed by atoms with van der Waals surface area (Å²) in [7, 11) is 0. The van der Waals surface area contributed by atoms with E-state index in [0.29, 0.717) is 0 Å². The molecule has 0 saturated heterocycles. The van der Waals surface area contributed by atoms with Crippen LogP contribution >= 0.6 is 22.7 Å². The van der Waals surface area contributed by atoms with Gasteiger partial charge in [-0.15, -0.1) is 22.7 Å². The summed E-state index contributed by atoms with van der Waals surface area (Å²) in [6.45, 7) is 6.70. The minimum Gasteiger partial charge on any atom is -0.870 e.